The van der Waals surface area contributed by atoms with Gasteiger partial charge in [0.15, 0.2) is 0 Å². The Morgan fingerprint density at radius 1 is 1.17 bits per heavy atom. The molecule has 0 spiro atoms. The van der Waals surface area contributed by atoms with Crippen molar-refractivity contribution in [3.05, 3.63) is 69.7 Å². The number of aliphatic hydroxyl groups excluding tert-OH is 1. The first kappa shape index (κ1) is 17.7. The Morgan fingerprint density at radius 2 is 1.91 bits per heavy atom. The molecule has 0 heterocycles. The molecule has 4 heteroatoms. The summed E-state index contributed by atoms with van der Waals surface area (Å²) in [6, 6.07) is 16.0. The van der Waals surface area contributed by atoms with Gasteiger partial charge >= 0.3 is 0 Å². The minimum absolute atomic E-state index is 0.0108. The first-order valence-corrected chi connectivity index (χ1v) is 8.53. The Kier molecular flexibility index (Phi) is 6.81. The van der Waals surface area contributed by atoms with Gasteiger partial charge in [-0.05, 0) is 36.6 Å². The molecular formula is C19H22BrNO2. The maximum absolute atomic E-state index is 12.1. The highest BCUT2D eigenvalue weighted by Crippen LogP contribution is 2.15. The normalized spacial score (nSPS) is 12.0. The van der Waals surface area contributed by atoms with Gasteiger partial charge < -0.3 is 10.4 Å². The van der Waals surface area contributed by atoms with Gasteiger partial charge in [0.05, 0.1) is 6.42 Å². The number of benzene rings is 2. The lowest BCUT2D eigenvalue weighted by Gasteiger charge is -2.15. The lowest BCUT2D eigenvalue weighted by atomic mass is 10.00. The summed E-state index contributed by atoms with van der Waals surface area (Å²) in [6.45, 7) is 2.55. The first-order valence-electron chi connectivity index (χ1n) is 7.74. The molecule has 0 saturated carbocycles. The predicted octanol–water partition coefficient (Wildman–Crippen LogP) is 3.27. The molecule has 2 aromatic rings. The van der Waals surface area contributed by atoms with Crippen molar-refractivity contribution < 1.29 is 9.90 Å². The summed E-state index contributed by atoms with van der Waals surface area (Å²) in [5, 5.41) is 12.5. The van der Waals surface area contributed by atoms with Gasteiger partial charge in [-0.25, -0.2) is 0 Å². The van der Waals surface area contributed by atoms with E-state index in [0.29, 0.717) is 13.0 Å². The Hall–Kier alpha value is -1.65. The Labute approximate surface area is 145 Å². The molecule has 0 aliphatic heterocycles. The van der Waals surface area contributed by atoms with E-state index in [2.05, 4.69) is 21.2 Å². The molecule has 0 unspecified atom stereocenters. The van der Waals surface area contributed by atoms with Gasteiger partial charge in [-0.2, -0.15) is 0 Å². The van der Waals surface area contributed by atoms with Crippen LogP contribution in [0.3, 0.4) is 0 Å². The van der Waals surface area contributed by atoms with Crippen LogP contribution in [0.15, 0.2) is 53.0 Å². The molecule has 0 fully saturated rings. The van der Waals surface area contributed by atoms with Crippen LogP contribution in [0.2, 0.25) is 0 Å². The molecule has 0 bridgehead atoms. The fourth-order valence-electron chi connectivity index (χ4n) is 2.53. The van der Waals surface area contributed by atoms with Gasteiger partial charge in [-0.1, -0.05) is 57.9 Å². The largest absolute Gasteiger partial charge is 0.396 e. The van der Waals surface area contributed by atoms with E-state index in [1.807, 2.05) is 55.5 Å². The van der Waals surface area contributed by atoms with Crippen LogP contribution >= 0.6 is 15.9 Å². The van der Waals surface area contributed by atoms with Gasteiger partial charge in [0, 0.05) is 23.5 Å². The molecular weight excluding hydrogens is 354 g/mol. The van der Waals surface area contributed by atoms with Crippen molar-refractivity contribution in [1.29, 1.82) is 0 Å². The quantitative estimate of drug-likeness (QED) is 0.779. The van der Waals surface area contributed by atoms with E-state index in [1.54, 1.807) is 0 Å². The highest BCUT2D eigenvalue weighted by Gasteiger charge is 2.11. The molecule has 23 heavy (non-hydrogen) atoms. The zero-order valence-electron chi connectivity index (χ0n) is 13.3. The number of rotatable bonds is 7. The number of halogens is 1. The van der Waals surface area contributed by atoms with E-state index in [-0.39, 0.29) is 18.4 Å². The third-order valence-electron chi connectivity index (χ3n) is 3.71. The zero-order chi connectivity index (χ0) is 16.7. The van der Waals surface area contributed by atoms with Crippen molar-refractivity contribution >= 4 is 21.8 Å². The summed E-state index contributed by atoms with van der Waals surface area (Å²) in [4.78, 5) is 12.1. The van der Waals surface area contributed by atoms with Crippen molar-refractivity contribution in [2.75, 3.05) is 13.2 Å². The minimum Gasteiger partial charge on any atom is -0.396 e. The lowest BCUT2D eigenvalue weighted by molar-refractivity contribution is -0.120. The third-order valence-corrected chi connectivity index (χ3v) is 4.20. The Morgan fingerprint density at radius 3 is 2.61 bits per heavy atom. The summed E-state index contributed by atoms with van der Waals surface area (Å²) in [6.07, 6.45) is 1.11. The monoisotopic (exact) mass is 375 g/mol. The number of hydrogen-bond acceptors (Lipinski definition) is 2. The van der Waals surface area contributed by atoms with Gasteiger partial charge in [-0.15, -0.1) is 0 Å². The van der Waals surface area contributed by atoms with Gasteiger partial charge in [0.25, 0.3) is 0 Å². The summed E-state index contributed by atoms with van der Waals surface area (Å²) in [7, 11) is 0. The molecule has 0 saturated heterocycles. The molecule has 1 atom stereocenters. The standard InChI is InChI=1S/C19H22BrNO2/c1-14-4-2-5-15(8-14)11-19(23)21-12-17(13-22)9-16-6-3-7-18(20)10-16/h2-8,10,17,22H,9,11-13H2,1H3,(H,21,23)/t17-/m0/s1. The molecule has 0 radical (unpaired) electrons. The highest BCUT2D eigenvalue weighted by molar-refractivity contribution is 9.10. The van der Waals surface area contributed by atoms with Crippen LogP contribution in [0.1, 0.15) is 16.7 Å². The number of hydrogen-bond donors (Lipinski definition) is 2. The number of carbonyl (C=O) groups is 1. The van der Waals surface area contributed by atoms with E-state index in [4.69, 9.17) is 0 Å². The number of nitrogens with one attached hydrogen (secondary N) is 1. The molecule has 0 aliphatic rings. The maximum Gasteiger partial charge on any atom is 0.224 e. The van der Waals surface area contributed by atoms with Crippen LogP contribution in [-0.2, 0) is 17.6 Å². The summed E-state index contributed by atoms with van der Waals surface area (Å²) < 4.78 is 1.02. The van der Waals surface area contributed by atoms with Crippen LogP contribution in [0.25, 0.3) is 0 Å². The number of amides is 1. The summed E-state index contributed by atoms with van der Waals surface area (Å²) in [5.41, 5.74) is 3.31. The molecule has 2 N–H and O–H groups in total. The maximum atomic E-state index is 12.1. The van der Waals surface area contributed by atoms with Crippen molar-refractivity contribution in [1.82, 2.24) is 5.32 Å². The van der Waals surface area contributed by atoms with E-state index in [9.17, 15) is 9.90 Å². The zero-order valence-corrected chi connectivity index (χ0v) is 14.8. The van der Waals surface area contributed by atoms with E-state index in [1.165, 1.54) is 0 Å². The van der Waals surface area contributed by atoms with Gasteiger partial charge in [-0.3, -0.25) is 4.79 Å². The number of aryl methyl sites for hydroxylation is 1. The molecule has 122 valence electrons. The first-order chi connectivity index (χ1) is 11.1. The average Bonchev–Trinajstić information content (AvgIpc) is 2.51. The van der Waals surface area contributed by atoms with Crippen LogP contribution in [-0.4, -0.2) is 24.2 Å². The van der Waals surface area contributed by atoms with Crippen molar-refractivity contribution in [2.24, 2.45) is 5.92 Å². The molecule has 3 nitrogen and oxygen atoms in total. The number of aliphatic hydroxyl groups is 1. The van der Waals surface area contributed by atoms with Crippen molar-refractivity contribution in [2.45, 2.75) is 19.8 Å². The average molecular weight is 376 g/mol. The SMILES string of the molecule is Cc1cccc(CC(=O)NC[C@@H](CO)Cc2cccc(Br)c2)c1. The molecule has 1 amide bonds. The fourth-order valence-corrected chi connectivity index (χ4v) is 2.97. The topological polar surface area (TPSA) is 49.3 Å². The van der Waals surface area contributed by atoms with E-state index < -0.39 is 0 Å². The van der Waals surface area contributed by atoms with E-state index >= 15 is 0 Å². The molecule has 0 aliphatic carbocycles. The third kappa shape index (κ3) is 6.16. The fraction of sp³-hybridized carbons (Fsp3) is 0.316. The predicted molar refractivity (Wildman–Crippen MR) is 96.3 cm³/mol. The Balaban J connectivity index is 1.84. The minimum atomic E-state index is -0.0108. The lowest BCUT2D eigenvalue weighted by Crippen LogP contribution is -2.32. The summed E-state index contributed by atoms with van der Waals surface area (Å²) in [5.74, 6) is 0.00838. The van der Waals surface area contributed by atoms with Crippen molar-refractivity contribution in [3.8, 4) is 0 Å². The van der Waals surface area contributed by atoms with Crippen LogP contribution in [0.5, 0.6) is 0 Å². The van der Waals surface area contributed by atoms with Gasteiger partial charge in [0.2, 0.25) is 5.91 Å². The molecule has 2 aromatic carbocycles. The van der Waals surface area contributed by atoms with Crippen molar-refractivity contribution in [3.63, 3.8) is 0 Å². The van der Waals surface area contributed by atoms with Gasteiger partial charge in [0.1, 0.15) is 0 Å². The number of carbonyl (C=O) groups excluding carboxylic acids is 1. The second-order valence-corrected chi connectivity index (χ2v) is 6.77. The smallest absolute Gasteiger partial charge is 0.224 e. The second-order valence-electron chi connectivity index (χ2n) is 5.85. The molecule has 0 aromatic heterocycles. The second kappa shape index (κ2) is 8.85. The highest BCUT2D eigenvalue weighted by atomic mass is 79.9. The van der Waals surface area contributed by atoms with E-state index in [0.717, 1.165) is 27.6 Å². The van der Waals surface area contributed by atoms with Crippen LogP contribution < -0.4 is 5.32 Å². The summed E-state index contributed by atoms with van der Waals surface area (Å²) >= 11 is 3.45. The Bertz CT molecular complexity index is 657. The van der Waals surface area contributed by atoms with Crippen LogP contribution in [0, 0.1) is 12.8 Å². The van der Waals surface area contributed by atoms with Crippen LogP contribution in [0.4, 0.5) is 0 Å². The molecule has 2 rings (SSSR count).